The summed E-state index contributed by atoms with van der Waals surface area (Å²) in [5.74, 6) is 0.758. The highest BCUT2D eigenvalue weighted by Gasteiger charge is 2.05. The van der Waals surface area contributed by atoms with Crippen molar-refractivity contribution in [3.8, 4) is 17.0 Å². The average molecular weight is 263 g/mol. The van der Waals surface area contributed by atoms with Crippen molar-refractivity contribution >= 4 is 12.2 Å². The van der Waals surface area contributed by atoms with E-state index in [2.05, 4.69) is 15.2 Å². The molecule has 2 rings (SSSR count). The van der Waals surface area contributed by atoms with Gasteiger partial charge in [0.15, 0.2) is 10.5 Å². The van der Waals surface area contributed by atoms with Gasteiger partial charge in [-0.2, -0.15) is 5.10 Å². The molecule has 94 valence electrons. The van der Waals surface area contributed by atoms with Gasteiger partial charge >= 0.3 is 0 Å². The molecule has 0 atom stereocenters. The Balaban J connectivity index is 2.34. The number of rotatable bonds is 3. The highest BCUT2D eigenvalue weighted by atomic mass is 32.1. The van der Waals surface area contributed by atoms with Gasteiger partial charge in [0.1, 0.15) is 5.75 Å². The van der Waals surface area contributed by atoms with Gasteiger partial charge in [-0.25, -0.2) is 0 Å². The highest BCUT2D eigenvalue weighted by Crippen LogP contribution is 2.18. The highest BCUT2D eigenvalue weighted by molar-refractivity contribution is 7.71. The number of H-pyrrole nitrogens is 2. The van der Waals surface area contributed by atoms with E-state index in [9.17, 15) is 4.79 Å². The van der Waals surface area contributed by atoms with Crippen LogP contribution in [0.3, 0.4) is 0 Å². The van der Waals surface area contributed by atoms with Crippen LogP contribution in [0.5, 0.6) is 5.75 Å². The van der Waals surface area contributed by atoms with E-state index in [1.54, 1.807) is 24.3 Å². The van der Waals surface area contributed by atoms with E-state index in [1.165, 1.54) is 0 Å². The lowest BCUT2D eigenvalue weighted by Gasteiger charge is -2.09. The second kappa shape index (κ2) is 5.14. The van der Waals surface area contributed by atoms with Gasteiger partial charge in [0.2, 0.25) is 0 Å². The topological polar surface area (TPSA) is 70.8 Å². The summed E-state index contributed by atoms with van der Waals surface area (Å²) in [5, 5.41) is 6.49. The zero-order valence-corrected chi connectivity index (χ0v) is 10.9. The number of aromatic amines is 2. The third-order valence-electron chi connectivity index (χ3n) is 2.21. The van der Waals surface area contributed by atoms with Crippen molar-refractivity contribution in [1.29, 1.82) is 0 Å². The summed E-state index contributed by atoms with van der Waals surface area (Å²) in [4.78, 5) is 14.2. The van der Waals surface area contributed by atoms with Crippen molar-refractivity contribution in [2.24, 2.45) is 0 Å². The third-order valence-corrected chi connectivity index (χ3v) is 2.40. The quantitative estimate of drug-likeness (QED) is 0.833. The smallest absolute Gasteiger partial charge is 0.278 e. The lowest BCUT2D eigenvalue weighted by atomic mass is 10.1. The summed E-state index contributed by atoms with van der Waals surface area (Å²) < 4.78 is 5.74. The summed E-state index contributed by atoms with van der Waals surface area (Å²) in [5.41, 5.74) is 0.703. The molecule has 0 saturated heterocycles. The van der Waals surface area contributed by atoms with Gasteiger partial charge in [0.05, 0.1) is 6.10 Å². The third kappa shape index (κ3) is 2.84. The van der Waals surface area contributed by atoms with Crippen molar-refractivity contribution < 1.29 is 4.74 Å². The van der Waals surface area contributed by atoms with Crippen molar-refractivity contribution in [2.75, 3.05) is 0 Å². The molecule has 0 spiro atoms. The van der Waals surface area contributed by atoms with Crippen LogP contribution in [0.2, 0.25) is 0 Å². The van der Waals surface area contributed by atoms with Crippen molar-refractivity contribution in [3.63, 3.8) is 0 Å². The largest absolute Gasteiger partial charge is 0.491 e. The van der Waals surface area contributed by atoms with E-state index in [4.69, 9.17) is 17.0 Å². The van der Waals surface area contributed by atoms with Crippen LogP contribution in [0, 0.1) is 4.77 Å². The van der Waals surface area contributed by atoms with Crippen LogP contribution in [0.25, 0.3) is 11.3 Å². The van der Waals surface area contributed by atoms with E-state index < -0.39 is 0 Å². The lowest BCUT2D eigenvalue weighted by molar-refractivity contribution is 0.242. The number of nitrogens with one attached hydrogen (secondary N) is 2. The molecule has 1 aromatic heterocycles. The van der Waals surface area contributed by atoms with Gasteiger partial charge in [0.25, 0.3) is 5.56 Å². The van der Waals surface area contributed by atoms with Gasteiger partial charge in [-0.1, -0.05) is 0 Å². The maximum atomic E-state index is 11.7. The van der Waals surface area contributed by atoms with Crippen LogP contribution < -0.4 is 10.3 Å². The van der Waals surface area contributed by atoms with E-state index >= 15 is 0 Å². The first kappa shape index (κ1) is 12.5. The molecule has 0 aliphatic heterocycles. The summed E-state index contributed by atoms with van der Waals surface area (Å²) in [7, 11) is 0. The molecule has 0 radical (unpaired) electrons. The predicted molar refractivity (Wildman–Crippen MR) is 71.2 cm³/mol. The maximum Gasteiger partial charge on any atom is 0.278 e. The first-order chi connectivity index (χ1) is 8.56. The Labute approximate surface area is 109 Å². The van der Waals surface area contributed by atoms with Crippen LogP contribution in [0.4, 0.5) is 0 Å². The van der Waals surface area contributed by atoms with E-state index in [0.717, 1.165) is 5.75 Å². The van der Waals surface area contributed by atoms with Crippen LogP contribution in [0.1, 0.15) is 13.8 Å². The maximum absolute atomic E-state index is 11.7. The molecule has 5 nitrogen and oxygen atoms in total. The van der Waals surface area contributed by atoms with Gasteiger partial charge in [-0.05, 0) is 50.3 Å². The Morgan fingerprint density at radius 3 is 2.50 bits per heavy atom. The Morgan fingerprint density at radius 2 is 1.94 bits per heavy atom. The summed E-state index contributed by atoms with van der Waals surface area (Å²) in [6.07, 6.45) is 0.116. The second-order valence-corrected chi connectivity index (χ2v) is 4.45. The van der Waals surface area contributed by atoms with Crippen LogP contribution in [-0.2, 0) is 0 Å². The molecule has 18 heavy (non-hydrogen) atoms. The SMILES string of the molecule is CC(C)Oc1ccc(-c2n[nH]c(=S)[nH]c2=O)cc1. The van der Waals surface area contributed by atoms with Crippen LogP contribution in [0.15, 0.2) is 29.1 Å². The summed E-state index contributed by atoms with van der Waals surface area (Å²) >= 11 is 4.78. The first-order valence-corrected chi connectivity index (χ1v) is 5.93. The standard InChI is InChI=1S/C12H13N3O2S/c1-7(2)17-9-5-3-8(4-6-9)10-11(16)13-12(18)15-14-10/h3-7H,1-2H3,(H2,13,15,16,18). The van der Waals surface area contributed by atoms with E-state index in [-0.39, 0.29) is 16.4 Å². The van der Waals surface area contributed by atoms with E-state index in [1.807, 2.05) is 13.8 Å². The molecule has 2 N–H and O–H groups in total. The number of hydrogen-bond donors (Lipinski definition) is 2. The number of aromatic nitrogens is 3. The fourth-order valence-corrected chi connectivity index (χ4v) is 1.65. The number of nitrogens with zero attached hydrogens (tertiary/aromatic N) is 1. The number of ether oxygens (including phenoxy) is 1. The van der Waals surface area contributed by atoms with E-state index in [0.29, 0.717) is 11.3 Å². The molecule has 0 aliphatic rings. The molecule has 1 heterocycles. The van der Waals surface area contributed by atoms with Crippen molar-refractivity contribution in [1.82, 2.24) is 15.2 Å². The summed E-state index contributed by atoms with van der Waals surface area (Å²) in [6, 6.07) is 7.18. The molecule has 2 aromatic rings. The zero-order chi connectivity index (χ0) is 13.1. The van der Waals surface area contributed by atoms with Crippen molar-refractivity contribution in [2.45, 2.75) is 20.0 Å². The molecule has 6 heteroatoms. The average Bonchev–Trinajstić information content (AvgIpc) is 2.30. The zero-order valence-electron chi connectivity index (χ0n) is 10.1. The normalized spacial score (nSPS) is 10.6. The van der Waals surface area contributed by atoms with Crippen molar-refractivity contribution in [3.05, 3.63) is 39.4 Å². The monoisotopic (exact) mass is 263 g/mol. The second-order valence-electron chi connectivity index (χ2n) is 4.05. The van der Waals surface area contributed by atoms with Gasteiger partial charge < -0.3 is 4.74 Å². The molecule has 0 fully saturated rings. The molecular formula is C12H13N3O2S. The minimum absolute atomic E-state index is 0.116. The van der Waals surface area contributed by atoms with Gasteiger partial charge in [0, 0.05) is 5.56 Å². The minimum atomic E-state index is -0.309. The number of hydrogen-bond acceptors (Lipinski definition) is 4. The fraction of sp³-hybridized carbons (Fsp3) is 0.250. The molecular weight excluding hydrogens is 250 g/mol. The molecule has 0 unspecified atom stereocenters. The molecule has 0 saturated carbocycles. The van der Waals surface area contributed by atoms with Crippen LogP contribution >= 0.6 is 12.2 Å². The fourth-order valence-electron chi connectivity index (χ4n) is 1.51. The molecule has 0 bridgehead atoms. The minimum Gasteiger partial charge on any atom is -0.491 e. The summed E-state index contributed by atoms with van der Waals surface area (Å²) in [6.45, 7) is 3.91. The lowest BCUT2D eigenvalue weighted by Crippen LogP contribution is -2.12. The molecule has 0 amide bonds. The Hall–Kier alpha value is -1.95. The first-order valence-electron chi connectivity index (χ1n) is 5.52. The Morgan fingerprint density at radius 1 is 1.28 bits per heavy atom. The molecule has 1 aromatic carbocycles. The Kier molecular flexibility index (Phi) is 3.57. The molecule has 0 aliphatic carbocycles. The van der Waals surface area contributed by atoms with Crippen LogP contribution in [-0.4, -0.2) is 21.3 Å². The Bertz CT molecular complexity index is 643. The number of benzene rings is 1. The predicted octanol–water partition coefficient (Wildman–Crippen LogP) is 2.28. The van der Waals surface area contributed by atoms with Gasteiger partial charge in [-0.3, -0.25) is 14.9 Å². The van der Waals surface area contributed by atoms with Gasteiger partial charge in [-0.15, -0.1) is 0 Å².